The molecule has 1 aliphatic heterocycles. The summed E-state index contributed by atoms with van der Waals surface area (Å²) in [6.45, 7) is 5.48. The summed E-state index contributed by atoms with van der Waals surface area (Å²) in [7, 11) is 1.37. The molecule has 4 rings (SSSR count). The quantitative estimate of drug-likeness (QED) is 0.399. The number of carbonyl (C=O) groups is 2. The molecule has 1 saturated heterocycles. The van der Waals surface area contributed by atoms with E-state index in [0.717, 1.165) is 37.0 Å². The third-order valence-electron chi connectivity index (χ3n) is 8.25. The highest BCUT2D eigenvalue weighted by Crippen LogP contribution is 2.51. The number of hydrogen-bond acceptors (Lipinski definition) is 4. The average Bonchev–Trinajstić information content (AvgIpc) is 3.28. The number of amides is 1. The van der Waals surface area contributed by atoms with Crippen LogP contribution in [0.1, 0.15) is 75.6 Å². The van der Waals surface area contributed by atoms with Gasteiger partial charge in [0, 0.05) is 17.4 Å². The zero-order valence-corrected chi connectivity index (χ0v) is 23.4. The van der Waals surface area contributed by atoms with Gasteiger partial charge in [0.25, 0.3) is 0 Å². The van der Waals surface area contributed by atoms with E-state index in [-0.39, 0.29) is 29.7 Å². The van der Waals surface area contributed by atoms with Crippen LogP contribution in [0.25, 0.3) is 0 Å². The van der Waals surface area contributed by atoms with Crippen molar-refractivity contribution in [1.29, 1.82) is 0 Å². The van der Waals surface area contributed by atoms with Gasteiger partial charge in [-0.15, -0.1) is 0 Å². The molecule has 1 heterocycles. The molecule has 2 aromatic rings. The van der Waals surface area contributed by atoms with Crippen LogP contribution in [-0.2, 0) is 27.1 Å². The van der Waals surface area contributed by atoms with E-state index in [0.29, 0.717) is 12.8 Å². The van der Waals surface area contributed by atoms with E-state index in [4.69, 9.17) is 9.47 Å². The first-order valence-electron chi connectivity index (χ1n) is 13.8. The number of nitrogens with zero attached hydrogens (tertiary/aromatic N) is 1. The zero-order chi connectivity index (χ0) is 29.2. The van der Waals surface area contributed by atoms with Crippen molar-refractivity contribution in [3.8, 4) is 5.75 Å². The number of likely N-dealkylation sites (tertiary alicyclic amines) is 1. The fourth-order valence-corrected chi connectivity index (χ4v) is 6.40. The summed E-state index contributed by atoms with van der Waals surface area (Å²) in [6.07, 6.45) is -1.07. The number of carboxylic acids is 1. The maximum absolute atomic E-state index is 14.1. The molecule has 2 fully saturated rings. The first-order chi connectivity index (χ1) is 18.8. The average molecular weight is 562 g/mol. The number of benzene rings is 2. The number of carbonyl (C=O) groups excluding carboxylic acids is 1. The fourth-order valence-electron chi connectivity index (χ4n) is 6.40. The Morgan fingerprint density at radius 2 is 1.65 bits per heavy atom. The van der Waals surface area contributed by atoms with E-state index in [1.807, 2.05) is 51.1 Å². The van der Waals surface area contributed by atoms with Crippen LogP contribution in [0.4, 0.5) is 13.2 Å². The molecule has 1 amide bonds. The summed E-state index contributed by atoms with van der Waals surface area (Å²) in [4.78, 5) is 28.5. The van der Waals surface area contributed by atoms with Crippen molar-refractivity contribution in [3.63, 3.8) is 0 Å². The number of carboxylic acid groups (broad SMARTS) is 1. The number of aliphatic carboxylic acids is 1. The van der Waals surface area contributed by atoms with E-state index in [9.17, 15) is 27.9 Å². The van der Waals surface area contributed by atoms with Gasteiger partial charge in [0.2, 0.25) is 5.91 Å². The SMILES string of the molecule is COc1ccc(C(F)(F)F)cc1COC1[C@@H](c2ccccc2)N(C(=O)C2CCCCC2)[C@@H](C(=O)O)[C@@H]1C(C)(C)C. The second-order valence-electron chi connectivity index (χ2n) is 11.9. The van der Waals surface area contributed by atoms with Gasteiger partial charge < -0.3 is 19.5 Å². The third kappa shape index (κ3) is 6.14. The number of halogens is 3. The molecule has 0 bridgehead atoms. The van der Waals surface area contributed by atoms with Crippen LogP contribution in [0.15, 0.2) is 48.5 Å². The van der Waals surface area contributed by atoms with Crippen LogP contribution in [-0.4, -0.2) is 41.1 Å². The Bertz CT molecular complexity index is 1190. The first-order valence-corrected chi connectivity index (χ1v) is 13.8. The van der Waals surface area contributed by atoms with Crippen molar-refractivity contribution in [2.45, 2.75) is 83.8 Å². The largest absolute Gasteiger partial charge is 0.496 e. The molecular formula is C31H38F3NO5. The normalized spacial score (nSPS) is 24.2. The molecule has 6 nitrogen and oxygen atoms in total. The van der Waals surface area contributed by atoms with Gasteiger partial charge in [-0.1, -0.05) is 70.4 Å². The van der Waals surface area contributed by atoms with Gasteiger partial charge in [-0.3, -0.25) is 4.79 Å². The lowest BCUT2D eigenvalue weighted by Crippen LogP contribution is -2.49. The number of hydrogen-bond donors (Lipinski definition) is 1. The Morgan fingerprint density at radius 3 is 2.20 bits per heavy atom. The molecule has 0 aromatic heterocycles. The van der Waals surface area contributed by atoms with Crippen molar-refractivity contribution < 1.29 is 37.3 Å². The number of rotatable bonds is 7. The van der Waals surface area contributed by atoms with E-state index < -0.39 is 47.2 Å². The van der Waals surface area contributed by atoms with E-state index in [1.165, 1.54) is 18.1 Å². The van der Waals surface area contributed by atoms with Gasteiger partial charge in [-0.2, -0.15) is 13.2 Å². The molecule has 0 spiro atoms. The monoisotopic (exact) mass is 561 g/mol. The summed E-state index contributed by atoms with van der Waals surface area (Å²) >= 11 is 0. The second-order valence-corrected chi connectivity index (χ2v) is 11.9. The summed E-state index contributed by atoms with van der Waals surface area (Å²) in [5.74, 6) is -1.99. The van der Waals surface area contributed by atoms with E-state index in [2.05, 4.69) is 0 Å². The molecule has 0 radical (unpaired) electrons. The topological polar surface area (TPSA) is 76.1 Å². The standard InChI is InChI=1S/C31H38F3NO5/c1-30(2,3)24-26(29(37)38)35(28(36)20-13-9-6-10-14-20)25(19-11-7-5-8-12-19)27(24)40-18-21-17-22(31(32,33)34)15-16-23(21)39-4/h5,7-8,11-12,15-17,20,24-27H,6,9-10,13-14,18H2,1-4H3,(H,37,38)/t24-,25+,26+,27?/m0/s1. The smallest absolute Gasteiger partial charge is 0.416 e. The first kappa shape index (κ1) is 29.9. The van der Waals surface area contributed by atoms with E-state index >= 15 is 0 Å². The van der Waals surface area contributed by atoms with Gasteiger partial charge >= 0.3 is 12.1 Å². The predicted octanol–water partition coefficient (Wildman–Crippen LogP) is 6.88. The molecule has 40 heavy (non-hydrogen) atoms. The van der Waals surface area contributed by atoms with Crippen LogP contribution >= 0.6 is 0 Å². The molecule has 1 aliphatic carbocycles. The summed E-state index contributed by atoms with van der Waals surface area (Å²) in [6, 6.07) is 10.5. The highest BCUT2D eigenvalue weighted by molar-refractivity contribution is 5.87. The molecule has 4 atom stereocenters. The number of ether oxygens (including phenoxy) is 2. The van der Waals surface area contributed by atoms with Crippen molar-refractivity contribution in [2.75, 3.05) is 7.11 Å². The van der Waals surface area contributed by atoms with Gasteiger partial charge in [0.1, 0.15) is 11.8 Å². The van der Waals surface area contributed by atoms with Crippen LogP contribution in [0.5, 0.6) is 5.75 Å². The molecule has 1 saturated carbocycles. The Morgan fingerprint density at radius 1 is 1.00 bits per heavy atom. The molecular weight excluding hydrogens is 523 g/mol. The minimum atomic E-state index is -4.55. The Labute approximate surface area is 233 Å². The third-order valence-corrected chi connectivity index (χ3v) is 8.25. The number of methoxy groups -OCH3 is 1. The van der Waals surface area contributed by atoms with Crippen LogP contribution in [0.3, 0.4) is 0 Å². The Balaban J connectivity index is 1.81. The highest BCUT2D eigenvalue weighted by atomic mass is 19.4. The zero-order valence-electron chi connectivity index (χ0n) is 23.4. The van der Waals surface area contributed by atoms with Gasteiger partial charge in [0.15, 0.2) is 0 Å². The molecule has 218 valence electrons. The summed E-state index contributed by atoms with van der Waals surface area (Å²) in [5.41, 5.74) is -0.519. The maximum Gasteiger partial charge on any atom is 0.416 e. The van der Waals surface area contributed by atoms with Gasteiger partial charge in [-0.25, -0.2) is 4.79 Å². The van der Waals surface area contributed by atoms with Crippen LogP contribution in [0, 0.1) is 17.3 Å². The van der Waals surface area contributed by atoms with Gasteiger partial charge in [0.05, 0.1) is 31.4 Å². The Kier molecular flexibility index (Phi) is 8.83. The second kappa shape index (κ2) is 11.8. The maximum atomic E-state index is 14.1. The summed E-state index contributed by atoms with van der Waals surface area (Å²) in [5, 5.41) is 10.5. The van der Waals surface area contributed by atoms with Crippen molar-refractivity contribution in [1.82, 2.24) is 4.90 Å². The molecule has 1 unspecified atom stereocenters. The fraction of sp³-hybridized carbons (Fsp3) is 0.548. The Hall–Kier alpha value is -3.07. The molecule has 2 aromatic carbocycles. The number of alkyl halides is 3. The summed E-state index contributed by atoms with van der Waals surface area (Å²) < 4.78 is 52.3. The van der Waals surface area contributed by atoms with Crippen LogP contribution in [0.2, 0.25) is 0 Å². The lowest BCUT2D eigenvalue weighted by Gasteiger charge is -2.35. The molecule has 2 aliphatic rings. The lowest BCUT2D eigenvalue weighted by atomic mass is 9.73. The molecule has 9 heteroatoms. The van der Waals surface area contributed by atoms with Crippen molar-refractivity contribution in [2.24, 2.45) is 17.3 Å². The predicted molar refractivity (Wildman–Crippen MR) is 144 cm³/mol. The lowest BCUT2D eigenvalue weighted by molar-refractivity contribution is -0.154. The highest BCUT2D eigenvalue weighted by Gasteiger charge is 2.59. The van der Waals surface area contributed by atoms with Gasteiger partial charge in [-0.05, 0) is 42.0 Å². The minimum Gasteiger partial charge on any atom is -0.496 e. The molecule has 1 N–H and O–H groups in total. The minimum absolute atomic E-state index is 0.195. The van der Waals surface area contributed by atoms with Crippen LogP contribution < -0.4 is 4.74 Å². The van der Waals surface area contributed by atoms with Crippen molar-refractivity contribution in [3.05, 3.63) is 65.2 Å². The van der Waals surface area contributed by atoms with E-state index in [1.54, 1.807) is 0 Å². The van der Waals surface area contributed by atoms with Crippen molar-refractivity contribution >= 4 is 11.9 Å².